The zero-order chi connectivity index (χ0) is 24.9. The third-order valence-electron chi connectivity index (χ3n) is 6.40. The molecule has 0 bridgehead atoms. The first-order chi connectivity index (χ1) is 16.9. The summed E-state index contributed by atoms with van der Waals surface area (Å²) >= 11 is 7.66. The Kier molecular flexibility index (Phi) is 8.08. The van der Waals surface area contributed by atoms with E-state index in [-0.39, 0.29) is 42.6 Å². The zero-order valence-electron chi connectivity index (χ0n) is 19.7. The zero-order valence-corrected chi connectivity index (χ0v) is 21.3. The molecule has 0 saturated carbocycles. The molecule has 0 unspecified atom stereocenters. The standard InChI is InChI=1S/C27H28ClFN2O3S/c1-3-18(2)31(27(33)19-5-4-6-21(29)15-19)16-26(32)30-13-11-25-23(12-14-35-25)24(30)17-34-22-9-7-20(28)8-10-22/h4-10,12,14-15,18,24H,3,11,13,16-17H2,1-2H3/t18-,24-/m1/s1. The number of halogens is 2. The summed E-state index contributed by atoms with van der Waals surface area (Å²) in [7, 11) is 0. The van der Waals surface area contributed by atoms with E-state index in [1.54, 1.807) is 46.6 Å². The van der Waals surface area contributed by atoms with Crippen molar-refractivity contribution in [1.82, 2.24) is 9.80 Å². The van der Waals surface area contributed by atoms with E-state index < -0.39 is 5.82 Å². The first kappa shape index (κ1) is 25.2. The molecule has 2 heterocycles. The Morgan fingerprint density at radius 1 is 1.23 bits per heavy atom. The van der Waals surface area contributed by atoms with Gasteiger partial charge in [0.2, 0.25) is 5.91 Å². The molecular formula is C27H28ClFN2O3S. The molecule has 1 aliphatic rings. The quantitative estimate of drug-likeness (QED) is 0.371. The van der Waals surface area contributed by atoms with Crippen LogP contribution in [0.4, 0.5) is 4.39 Å². The fourth-order valence-electron chi connectivity index (χ4n) is 4.25. The number of fused-ring (bicyclic) bond motifs is 1. The van der Waals surface area contributed by atoms with Crippen LogP contribution in [0.5, 0.6) is 5.75 Å². The number of hydrogen-bond acceptors (Lipinski definition) is 4. The minimum atomic E-state index is -0.480. The third-order valence-corrected chi connectivity index (χ3v) is 7.65. The van der Waals surface area contributed by atoms with E-state index >= 15 is 0 Å². The summed E-state index contributed by atoms with van der Waals surface area (Å²) in [4.78, 5) is 31.5. The molecule has 0 radical (unpaired) electrons. The number of carbonyl (C=O) groups is 2. The first-order valence-corrected chi connectivity index (χ1v) is 12.9. The van der Waals surface area contributed by atoms with Crippen LogP contribution in [-0.4, -0.2) is 47.4 Å². The van der Waals surface area contributed by atoms with Crippen LogP contribution in [0.1, 0.15) is 47.1 Å². The van der Waals surface area contributed by atoms with Crippen molar-refractivity contribution in [3.63, 3.8) is 0 Å². The maximum Gasteiger partial charge on any atom is 0.254 e. The van der Waals surface area contributed by atoms with Crippen LogP contribution in [-0.2, 0) is 11.2 Å². The summed E-state index contributed by atoms with van der Waals surface area (Å²) < 4.78 is 19.8. The van der Waals surface area contributed by atoms with Gasteiger partial charge in [-0.1, -0.05) is 24.6 Å². The van der Waals surface area contributed by atoms with Crippen molar-refractivity contribution in [1.29, 1.82) is 0 Å². The molecule has 184 valence electrons. The highest BCUT2D eigenvalue weighted by molar-refractivity contribution is 7.10. The number of nitrogens with zero attached hydrogens (tertiary/aromatic N) is 2. The van der Waals surface area contributed by atoms with Crippen LogP contribution >= 0.6 is 22.9 Å². The number of amides is 2. The van der Waals surface area contributed by atoms with Gasteiger partial charge in [0.1, 0.15) is 24.7 Å². The van der Waals surface area contributed by atoms with Crippen molar-refractivity contribution < 1.29 is 18.7 Å². The molecule has 0 spiro atoms. The molecule has 0 aliphatic carbocycles. The van der Waals surface area contributed by atoms with Gasteiger partial charge < -0.3 is 14.5 Å². The predicted octanol–water partition coefficient (Wildman–Crippen LogP) is 5.99. The van der Waals surface area contributed by atoms with E-state index in [1.165, 1.54) is 28.0 Å². The number of carbonyl (C=O) groups excluding carboxylic acids is 2. The molecule has 4 rings (SSSR count). The fraction of sp³-hybridized carbons (Fsp3) is 0.333. The van der Waals surface area contributed by atoms with Gasteiger partial charge in [-0.25, -0.2) is 4.39 Å². The Labute approximate surface area is 214 Å². The van der Waals surface area contributed by atoms with Gasteiger partial charge in [0.15, 0.2) is 0 Å². The van der Waals surface area contributed by atoms with Crippen molar-refractivity contribution in [3.05, 3.63) is 86.8 Å². The molecule has 2 atom stereocenters. The molecule has 2 aromatic carbocycles. The van der Waals surface area contributed by atoms with Crippen LogP contribution in [0.25, 0.3) is 0 Å². The van der Waals surface area contributed by atoms with E-state index in [0.717, 1.165) is 12.0 Å². The van der Waals surface area contributed by atoms with Crippen LogP contribution in [0.15, 0.2) is 60.0 Å². The highest BCUT2D eigenvalue weighted by Crippen LogP contribution is 2.34. The molecule has 8 heteroatoms. The predicted molar refractivity (Wildman–Crippen MR) is 137 cm³/mol. The van der Waals surface area contributed by atoms with Gasteiger partial charge in [-0.2, -0.15) is 0 Å². The molecule has 0 N–H and O–H groups in total. The summed E-state index contributed by atoms with van der Waals surface area (Å²) in [5, 5.41) is 2.66. The minimum absolute atomic E-state index is 0.0821. The number of thiophene rings is 1. The second-order valence-electron chi connectivity index (χ2n) is 8.62. The van der Waals surface area contributed by atoms with Crippen LogP contribution in [0.3, 0.4) is 0 Å². The van der Waals surface area contributed by atoms with Crippen molar-refractivity contribution >= 4 is 34.8 Å². The number of rotatable bonds is 8. The van der Waals surface area contributed by atoms with Crippen LogP contribution in [0, 0.1) is 5.82 Å². The van der Waals surface area contributed by atoms with E-state index in [4.69, 9.17) is 16.3 Å². The van der Waals surface area contributed by atoms with Gasteiger partial charge in [0.05, 0.1) is 6.04 Å². The lowest BCUT2D eigenvalue weighted by Gasteiger charge is -2.38. The maximum absolute atomic E-state index is 13.8. The summed E-state index contributed by atoms with van der Waals surface area (Å²) in [6.07, 6.45) is 1.43. The van der Waals surface area contributed by atoms with Gasteiger partial charge >= 0.3 is 0 Å². The molecule has 1 aliphatic heterocycles. The van der Waals surface area contributed by atoms with Crippen LogP contribution < -0.4 is 4.74 Å². The van der Waals surface area contributed by atoms with Crippen molar-refractivity contribution in [3.8, 4) is 5.75 Å². The largest absolute Gasteiger partial charge is 0.491 e. The molecule has 5 nitrogen and oxygen atoms in total. The van der Waals surface area contributed by atoms with Gasteiger partial charge in [0, 0.05) is 28.0 Å². The second-order valence-corrected chi connectivity index (χ2v) is 10.1. The van der Waals surface area contributed by atoms with Crippen LogP contribution in [0.2, 0.25) is 5.02 Å². The highest BCUT2D eigenvalue weighted by atomic mass is 35.5. The Morgan fingerprint density at radius 3 is 2.71 bits per heavy atom. The normalized spacial score (nSPS) is 15.9. The van der Waals surface area contributed by atoms with Crippen molar-refractivity contribution in [2.45, 2.75) is 38.8 Å². The fourth-order valence-corrected chi connectivity index (χ4v) is 5.31. The van der Waals surface area contributed by atoms with E-state index in [1.807, 2.05) is 25.3 Å². The van der Waals surface area contributed by atoms with Gasteiger partial charge in [-0.15, -0.1) is 11.3 Å². The van der Waals surface area contributed by atoms with Crippen molar-refractivity contribution in [2.75, 3.05) is 19.7 Å². The summed E-state index contributed by atoms with van der Waals surface area (Å²) in [6.45, 7) is 4.62. The topological polar surface area (TPSA) is 49.9 Å². The van der Waals surface area contributed by atoms with E-state index in [0.29, 0.717) is 23.7 Å². The molecule has 0 saturated heterocycles. The van der Waals surface area contributed by atoms with Gasteiger partial charge in [0.25, 0.3) is 5.91 Å². The lowest BCUT2D eigenvalue weighted by atomic mass is 10.00. The Hall–Kier alpha value is -2.90. The van der Waals surface area contributed by atoms with E-state index in [9.17, 15) is 14.0 Å². The molecule has 35 heavy (non-hydrogen) atoms. The average Bonchev–Trinajstić information content (AvgIpc) is 3.35. The molecule has 0 fully saturated rings. The lowest BCUT2D eigenvalue weighted by Crippen LogP contribution is -2.49. The van der Waals surface area contributed by atoms with Crippen molar-refractivity contribution in [2.24, 2.45) is 0 Å². The number of ether oxygens (including phenoxy) is 1. The molecule has 2 amide bonds. The smallest absolute Gasteiger partial charge is 0.254 e. The van der Waals surface area contributed by atoms with Gasteiger partial charge in [-0.05, 0) is 79.2 Å². The lowest BCUT2D eigenvalue weighted by molar-refractivity contribution is -0.136. The van der Waals surface area contributed by atoms with Gasteiger partial charge in [-0.3, -0.25) is 9.59 Å². The Morgan fingerprint density at radius 2 is 2.00 bits per heavy atom. The monoisotopic (exact) mass is 514 g/mol. The summed E-state index contributed by atoms with van der Waals surface area (Å²) in [5.41, 5.74) is 1.31. The SMILES string of the molecule is CC[C@@H](C)N(CC(=O)N1CCc2sccc2[C@H]1COc1ccc(Cl)cc1)C(=O)c1cccc(F)c1. The Bertz CT molecular complexity index is 1180. The minimum Gasteiger partial charge on any atom is -0.491 e. The molecule has 3 aromatic rings. The summed E-state index contributed by atoms with van der Waals surface area (Å²) in [5.74, 6) is -0.315. The second kappa shape index (κ2) is 11.2. The summed E-state index contributed by atoms with van der Waals surface area (Å²) in [6, 6.07) is 14.3. The number of benzene rings is 2. The third kappa shape index (κ3) is 5.85. The Balaban J connectivity index is 1.54. The first-order valence-electron chi connectivity index (χ1n) is 11.7. The molecule has 1 aromatic heterocycles. The highest BCUT2D eigenvalue weighted by Gasteiger charge is 2.34. The maximum atomic E-state index is 13.8. The number of hydrogen-bond donors (Lipinski definition) is 0. The molecular weight excluding hydrogens is 487 g/mol. The van der Waals surface area contributed by atoms with E-state index in [2.05, 4.69) is 0 Å². The average molecular weight is 515 g/mol.